The molecule has 166 valence electrons. The van der Waals surface area contributed by atoms with Crippen molar-refractivity contribution in [3.63, 3.8) is 0 Å². The second-order valence-electron chi connectivity index (χ2n) is 7.80. The van der Waals surface area contributed by atoms with Crippen LogP contribution in [0.4, 0.5) is 5.69 Å². The van der Waals surface area contributed by atoms with Crippen LogP contribution in [0.25, 0.3) is 0 Å². The summed E-state index contributed by atoms with van der Waals surface area (Å²) in [5.74, 6) is -0.570. The summed E-state index contributed by atoms with van der Waals surface area (Å²) in [6.07, 6.45) is 9.16. The molecule has 2 N–H and O–H groups in total. The summed E-state index contributed by atoms with van der Waals surface area (Å²) in [7, 11) is 0. The molecule has 31 heavy (non-hydrogen) atoms. The number of carbonyl (C=O) groups is 3. The predicted octanol–water partition coefficient (Wildman–Crippen LogP) is 3.94. The molecule has 0 radical (unpaired) electrons. The fourth-order valence-corrected chi connectivity index (χ4v) is 4.51. The summed E-state index contributed by atoms with van der Waals surface area (Å²) in [6.45, 7) is 3.89. The highest BCUT2D eigenvalue weighted by molar-refractivity contribution is 7.12. The van der Waals surface area contributed by atoms with Crippen molar-refractivity contribution in [1.29, 1.82) is 0 Å². The molecule has 0 saturated carbocycles. The second-order valence-corrected chi connectivity index (χ2v) is 8.71. The topological polar surface area (TPSA) is 91.4 Å². The van der Waals surface area contributed by atoms with Crippen LogP contribution < -0.4 is 10.6 Å². The lowest BCUT2D eigenvalue weighted by atomic mass is 9.97. The predicted molar refractivity (Wildman–Crippen MR) is 122 cm³/mol. The average Bonchev–Trinajstić information content (AvgIpc) is 3.27. The maximum absolute atomic E-state index is 13.1. The van der Waals surface area contributed by atoms with Crippen molar-refractivity contribution >= 4 is 34.7 Å². The molecular formula is C23H30N4O3S. The van der Waals surface area contributed by atoms with Crippen molar-refractivity contribution < 1.29 is 14.4 Å². The van der Waals surface area contributed by atoms with Crippen LogP contribution in [0.15, 0.2) is 36.0 Å². The number of rotatable bonds is 9. The lowest BCUT2D eigenvalue weighted by Crippen LogP contribution is -2.45. The van der Waals surface area contributed by atoms with Gasteiger partial charge in [0.15, 0.2) is 0 Å². The third-order valence-electron chi connectivity index (χ3n) is 5.46. The van der Waals surface area contributed by atoms with E-state index in [0.29, 0.717) is 35.8 Å². The first-order valence-electron chi connectivity index (χ1n) is 11.0. The summed E-state index contributed by atoms with van der Waals surface area (Å²) >= 11 is 1.30. The Kier molecular flexibility index (Phi) is 8.58. The molecule has 1 aliphatic heterocycles. The molecule has 0 bridgehead atoms. The van der Waals surface area contributed by atoms with E-state index in [9.17, 15) is 14.4 Å². The molecule has 8 heteroatoms. The molecule has 1 fully saturated rings. The Bertz CT molecular complexity index is 884. The number of nitrogens with one attached hydrogen (secondary N) is 2. The van der Waals surface area contributed by atoms with Gasteiger partial charge in [-0.15, -0.1) is 11.3 Å². The Hall–Kier alpha value is -2.74. The van der Waals surface area contributed by atoms with Gasteiger partial charge >= 0.3 is 0 Å². The first-order chi connectivity index (χ1) is 15.1. The summed E-state index contributed by atoms with van der Waals surface area (Å²) < 4.78 is 0. The summed E-state index contributed by atoms with van der Waals surface area (Å²) in [5, 5.41) is 7.64. The first-order valence-corrected chi connectivity index (χ1v) is 11.8. The minimum Gasteiger partial charge on any atom is -0.356 e. The standard InChI is InChI=1S/C23H30N4O3S/c1-2-3-4-5-11-25-21(28)18-7-6-14-27(16-18)23(30)20-19(10-15-31-20)26-22(29)17-8-12-24-13-9-17/h8-10,12-13,15,18H,2-7,11,14,16H2,1H3,(H,25,28)(H,26,29). The lowest BCUT2D eigenvalue weighted by molar-refractivity contribution is -0.126. The van der Waals surface area contributed by atoms with Crippen LogP contribution in [0.2, 0.25) is 0 Å². The van der Waals surface area contributed by atoms with Crippen LogP contribution in [0, 0.1) is 5.92 Å². The maximum Gasteiger partial charge on any atom is 0.266 e. The molecule has 1 saturated heterocycles. The number of amides is 3. The van der Waals surface area contributed by atoms with Crippen molar-refractivity contribution in [2.45, 2.75) is 45.4 Å². The van der Waals surface area contributed by atoms with E-state index >= 15 is 0 Å². The fraction of sp³-hybridized carbons (Fsp3) is 0.478. The van der Waals surface area contributed by atoms with Gasteiger partial charge in [-0.1, -0.05) is 26.2 Å². The van der Waals surface area contributed by atoms with Gasteiger partial charge in [0.25, 0.3) is 11.8 Å². The molecule has 1 unspecified atom stereocenters. The van der Waals surface area contributed by atoms with Gasteiger partial charge in [0.05, 0.1) is 11.6 Å². The number of likely N-dealkylation sites (tertiary alicyclic amines) is 1. The molecule has 3 heterocycles. The highest BCUT2D eigenvalue weighted by atomic mass is 32.1. The number of carbonyl (C=O) groups excluding carboxylic acids is 3. The van der Waals surface area contributed by atoms with Crippen molar-refractivity contribution in [1.82, 2.24) is 15.2 Å². The van der Waals surface area contributed by atoms with E-state index in [2.05, 4.69) is 22.5 Å². The Morgan fingerprint density at radius 3 is 2.74 bits per heavy atom. The Morgan fingerprint density at radius 2 is 1.97 bits per heavy atom. The number of unbranched alkanes of at least 4 members (excludes halogenated alkanes) is 3. The molecule has 0 aliphatic carbocycles. The van der Waals surface area contributed by atoms with Crippen LogP contribution in [0.3, 0.4) is 0 Å². The molecule has 3 amide bonds. The number of pyridine rings is 1. The monoisotopic (exact) mass is 442 g/mol. The van der Waals surface area contributed by atoms with Crippen LogP contribution in [0.5, 0.6) is 0 Å². The average molecular weight is 443 g/mol. The largest absolute Gasteiger partial charge is 0.356 e. The number of hydrogen-bond donors (Lipinski definition) is 2. The van der Waals surface area contributed by atoms with E-state index in [0.717, 1.165) is 25.7 Å². The van der Waals surface area contributed by atoms with Gasteiger partial charge in [0.2, 0.25) is 5.91 Å². The van der Waals surface area contributed by atoms with E-state index in [-0.39, 0.29) is 23.6 Å². The minimum absolute atomic E-state index is 0.0337. The Morgan fingerprint density at radius 1 is 1.16 bits per heavy atom. The zero-order valence-electron chi connectivity index (χ0n) is 17.9. The molecule has 1 atom stereocenters. The third-order valence-corrected chi connectivity index (χ3v) is 6.36. The molecule has 3 rings (SSSR count). The van der Waals surface area contributed by atoms with Crippen molar-refractivity contribution in [2.75, 3.05) is 25.0 Å². The molecule has 2 aromatic rings. The van der Waals surface area contributed by atoms with Gasteiger partial charge in [-0.2, -0.15) is 0 Å². The Labute approximate surface area is 187 Å². The maximum atomic E-state index is 13.1. The normalized spacial score (nSPS) is 16.0. The highest BCUT2D eigenvalue weighted by Gasteiger charge is 2.30. The summed E-state index contributed by atoms with van der Waals surface area (Å²) in [6, 6.07) is 4.99. The van der Waals surface area contributed by atoms with Crippen molar-refractivity contribution in [3.8, 4) is 0 Å². The number of anilines is 1. The zero-order valence-corrected chi connectivity index (χ0v) is 18.7. The fourth-order valence-electron chi connectivity index (χ4n) is 3.70. The minimum atomic E-state index is -0.283. The quantitative estimate of drug-likeness (QED) is 0.576. The second kappa shape index (κ2) is 11.6. The Balaban J connectivity index is 1.57. The zero-order chi connectivity index (χ0) is 22.1. The van der Waals surface area contributed by atoms with Crippen molar-refractivity contribution in [2.24, 2.45) is 5.92 Å². The molecule has 1 aliphatic rings. The van der Waals surface area contributed by atoms with E-state index < -0.39 is 0 Å². The summed E-state index contributed by atoms with van der Waals surface area (Å²) in [5.41, 5.74) is 0.979. The molecule has 2 aromatic heterocycles. The molecule has 0 spiro atoms. The van der Waals surface area contributed by atoms with Crippen LogP contribution in [0.1, 0.15) is 65.5 Å². The number of thiophene rings is 1. The van der Waals surface area contributed by atoms with Crippen LogP contribution in [-0.2, 0) is 4.79 Å². The summed E-state index contributed by atoms with van der Waals surface area (Å²) in [4.78, 5) is 44.3. The van der Waals surface area contributed by atoms with Gasteiger partial charge in [0, 0.05) is 37.6 Å². The number of aromatic nitrogens is 1. The van der Waals surface area contributed by atoms with Gasteiger partial charge in [-0.25, -0.2) is 0 Å². The lowest BCUT2D eigenvalue weighted by Gasteiger charge is -2.32. The number of piperidine rings is 1. The van der Waals surface area contributed by atoms with E-state index in [1.54, 1.807) is 40.9 Å². The third kappa shape index (κ3) is 6.37. The highest BCUT2D eigenvalue weighted by Crippen LogP contribution is 2.27. The van der Waals surface area contributed by atoms with Crippen LogP contribution in [-0.4, -0.2) is 47.2 Å². The van der Waals surface area contributed by atoms with E-state index in [1.165, 1.54) is 24.2 Å². The van der Waals surface area contributed by atoms with E-state index in [4.69, 9.17) is 0 Å². The van der Waals surface area contributed by atoms with Gasteiger partial charge in [-0.3, -0.25) is 19.4 Å². The van der Waals surface area contributed by atoms with Crippen molar-refractivity contribution in [3.05, 3.63) is 46.4 Å². The molecule has 7 nitrogen and oxygen atoms in total. The SMILES string of the molecule is CCCCCCNC(=O)C1CCCN(C(=O)c2sccc2NC(=O)c2ccncc2)C1. The smallest absolute Gasteiger partial charge is 0.266 e. The van der Waals surface area contributed by atoms with Gasteiger partial charge < -0.3 is 15.5 Å². The number of hydrogen-bond acceptors (Lipinski definition) is 5. The van der Waals surface area contributed by atoms with E-state index in [1.807, 2.05) is 0 Å². The first kappa shape index (κ1) is 22.9. The molecule has 0 aromatic carbocycles. The van der Waals surface area contributed by atoms with Gasteiger partial charge in [0.1, 0.15) is 4.88 Å². The van der Waals surface area contributed by atoms with Gasteiger partial charge in [-0.05, 0) is 42.8 Å². The number of nitrogens with zero attached hydrogens (tertiary/aromatic N) is 2. The van der Waals surface area contributed by atoms with Crippen LogP contribution >= 0.6 is 11.3 Å². The molecular weight excluding hydrogens is 412 g/mol.